The summed E-state index contributed by atoms with van der Waals surface area (Å²) in [7, 11) is 0. The van der Waals surface area contributed by atoms with Crippen molar-refractivity contribution in [2.24, 2.45) is 0 Å². The van der Waals surface area contributed by atoms with Crippen LogP contribution in [0.4, 0.5) is 29.2 Å². The predicted molar refractivity (Wildman–Crippen MR) is 115 cm³/mol. The zero-order valence-corrected chi connectivity index (χ0v) is 17.1. The fourth-order valence-electron chi connectivity index (χ4n) is 3.09. The Kier molecular flexibility index (Phi) is 7.25. The molecule has 1 fully saturated rings. The molecule has 2 N–H and O–H groups in total. The summed E-state index contributed by atoms with van der Waals surface area (Å²) in [4.78, 5) is 18.2. The number of hydrogen-bond acceptors (Lipinski definition) is 8. The molecule has 28 heavy (non-hydrogen) atoms. The van der Waals surface area contributed by atoms with Crippen LogP contribution in [0.15, 0.2) is 24.3 Å². The Hall–Kier alpha value is -2.61. The summed E-state index contributed by atoms with van der Waals surface area (Å²) < 4.78 is 5.43. The highest BCUT2D eigenvalue weighted by atomic mass is 16.5. The van der Waals surface area contributed by atoms with Gasteiger partial charge in [0.1, 0.15) is 0 Å². The van der Waals surface area contributed by atoms with Crippen LogP contribution in [0.1, 0.15) is 27.2 Å². The van der Waals surface area contributed by atoms with E-state index in [2.05, 4.69) is 80.4 Å². The second kappa shape index (κ2) is 10.1. The number of nitrogens with zero attached hydrogens (tertiary/aromatic N) is 5. The molecule has 8 nitrogen and oxygen atoms in total. The van der Waals surface area contributed by atoms with Gasteiger partial charge in [0.15, 0.2) is 0 Å². The zero-order valence-electron chi connectivity index (χ0n) is 17.1. The molecule has 152 valence electrons. The number of benzene rings is 1. The van der Waals surface area contributed by atoms with Crippen LogP contribution in [0.3, 0.4) is 0 Å². The molecule has 2 aromatic rings. The third kappa shape index (κ3) is 5.22. The van der Waals surface area contributed by atoms with Gasteiger partial charge in [-0.15, -0.1) is 0 Å². The molecule has 1 aromatic carbocycles. The molecule has 2 heterocycles. The fraction of sp³-hybridized carbons (Fsp3) is 0.550. The molecule has 1 aliphatic heterocycles. The lowest BCUT2D eigenvalue weighted by atomic mass is 10.2. The van der Waals surface area contributed by atoms with E-state index in [9.17, 15) is 0 Å². The lowest BCUT2D eigenvalue weighted by Crippen LogP contribution is -2.36. The summed E-state index contributed by atoms with van der Waals surface area (Å²) in [6.07, 6.45) is 1.01. The van der Waals surface area contributed by atoms with E-state index < -0.39 is 0 Å². The number of nitrogens with one attached hydrogen (secondary N) is 2. The van der Waals surface area contributed by atoms with Crippen LogP contribution >= 0.6 is 0 Å². The van der Waals surface area contributed by atoms with Gasteiger partial charge in [0.25, 0.3) is 0 Å². The molecule has 1 saturated heterocycles. The molecular weight excluding hydrogens is 354 g/mol. The van der Waals surface area contributed by atoms with Gasteiger partial charge in [0.05, 0.1) is 13.2 Å². The Labute approximate surface area is 167 Å². The maximum absolute atomic E-state index is 5.43. The van der Waals surface area contributed by atoms with Crippen LogP contribution < -0.4 is 20.4 Å². The summed E-state index contributed by atoms with van der Waals surface area (Å²) in [5.74, 6) is 1.84. The predicted octanol–water partition coefficient (Wildman–Crippen LogP) is 3.12. The average molecular weight is 386 g/mol. The highest BCUT2D eigenvalue weighted by Gasteiger charge is 2.13. The van der Waals surface area contributed by atoms with Gasteiger partial charge in [-0.3, -0.25) is 0 Å². The number of ether oxygens (including phenoxy) is 1. The first-order valence-corrected chi connectivity index (χ1v) is 10.2. The molecule has 0 atom stereocenters. The van der Waals surface area contributed by atoms with Gasteiger partial charge in [0.2, 0.25) is 17.8 Å². The van der Waals surface area contributed by atoms with Crippen LogP contribution in [0.25, 0.3) is 0 Å². The standard InChI is InChI=1S/C20H31N7O/c1-4-11-21-18-23-19(25-20(24-18)26(5-2)6-3)22-16-7-9-17(10-8-16)27-12-14-28-15-13-27/h7-10H,4-6,11-15H2,1-3H3,(H2,21,22,23,24,25). The van der Waals surface area contributed by atoms with Crippen molar-refractivity contribution in [2.75, 3.05) is 66.4 Å². The van der Waals surface area contributed by atoms with Crippen LogP contribution in [0.5, 0.6) is 0 Å². The van der Waals surface area contributed by atoms with E-state index in [4.69, 9.17) is 4.74 Å². The molecule has 1 aliphatic rings. The van der Waals surface area contributed by atoms with E-state index in [-0.39, 0.29) is 0 Å². The molecule has 0 aliphatic carbocycles. The van der Waals surface area contributed by atoms with E-state index in [1.54, 1.807) is 0 Å². The van der Waals surface area contributed by atoms with E-state index >= 15 is 0 Å². The van der Waals surface area contributed by atoms with Crippen molar-refractivity contribution in [3.8, 4) is 0 Å². The zero-order chi connectivity index (χ0) is 19.8. The summed E-state index contributed by atoms with van der Waals surface area (Å²) in [6, 6.07) is 8.36. The van der Waals surface area contributed by atoms with E-state index in [1.165, 1.54) is 5.69 Å². The molecule has 0 radical (unpaired) electrons. The highest BCUT2D eigenvalue weighted by molar-refractivity contribution is 5.60. The lowest BCUT2D eigenvalue weighted by Gasteiger charge is -2.28. The number of hydrogen-bond donors (Lipinski definition) is 2. The monoisotopic (exact) mass is 385 g/mol. The minimum Gasteiger partial charge on any atom is -0.378 e. The van der Waals surface area contributed by atoms with E-state index in [0.717, 1.165) is 58.0 Å². The van der Waals surface area contributed by atoms with Crippen LogP contribution in [0.2, 0.25) is 0 Å². The molecule has 0 saturated carbocycles. The molecule has 0 bridgehead atoms. The van der Waals surface area contributed by atoms with Gasteiger partial charge in [-0.1, -0.05) is 6.92 Å². The first-order chi connectivity index (χ1) is 13.7. The topological polar surface area (TPSA) is 78.4 Å². The van der Waals surface area contributed by atoms with Crippen molar-refractivity contribution in [3.05, 3.63) is 24.3 Å². The van der Waals surface area contributed by atoms with Crippen LogP contribution in [0, 0.1) is 0 Å². The first kappa shape index (κ1) is 20.1. The molecule has 0 unspecified atom stereocenters. The Morgan fingerprint density at radius 2 is 1.64 bits per heavy atom. The number of aromatic nitrogens is 3. The average Bonchev–Trinajstić information content (AvgIpc) is 2.74. The summed E-state index contributed by atoms with van der Waals surface area (Å²) in [6.45, 7) is 12.3. The minimum absolute atomic E-state index is 0.551. The molecule has 0 amide bonds. The third-order valence-electron chi connectivity index (χ3n) is 4.70. The second-order valence-electron chi connectivity index (χ2n) is 6.65. The van der Waals surface area contributed by atoms with Crippen LogP contribution in [-0.2, 0) is 4.74 Å². The number of morpholine rings is 1. The highest BCUT2D eigenvalue weighted by Crippen LogP contribution is 2.22. The Balaban J connectivity index is 1.76. The van der Waals surface area contributed by atoms with Gasteiger partial charge < -0.3 is 25.2 Å². The van der Waals surface area contributed by atoms with Crippen molar-refractivity contribution in [1.82, 2.24) is 15.0 Å². The normalized spacial score (nSPS) is 14.0. The maximum Gasteiger partial charge on any atom is 0.233 e. The minimum atomic E-state index is 0.551. The van der Waals surface area contributed by atoms with Gasteiger partial charge in [-0.25, -0.2) is 0 Å². The Bertz CT molecular complexity index is 728. The largest absolute Gasteiger partial charge is 0.378 e. The smallest absolute Gasteiger partial charge is 0.233 e. The Morgan fingerprint density at radius 1 is 0.964 bits per heavy atom. The van der Waals surface area contributed by atoms with Gasteiger partial charge in [-0.2, -0.15) is 15.0 Å². The molecule has 8 heteroatoms. The number of rotatable bonds is 9. The van der Waals surface area contributed by atoms with Crippen LogP contribution in [-0.4, -0.2) is 60.9 Å². The van der Waals surface area contributed by atoms with Gasteiger partial charge in [0, 0.05) is 44.1 Å². The van der Waals surface area contributed by atoms with E-state index in [1.807, 2.05) is 0 Å². The van der Waals surface area contributed by atoms with Crippen molar-refractivity contribution >= 4 is 29.2 Å². The lowest BCUT2D eigenvalue weighted by molar-refractivity contribution is 0.122. The Morgan fingerprint density at radius 3 is 2.29 bits per heavy atom. The number of anilines is 5. The van der Waals surface area contributed by atoms with Crippen molar-refractivity contribution < 1.29 is 4.74 Å². The molecule has 3 rings (SSSR count). The first-order valence-electron chi connectivity index (χ1n) is 10.2. The quantitative estimate of drug-likeness (QED) is 0.682. The fourth-order valence-corrected chi connectivity index (χ4v) is 3.09. The summed E-state index contributed by atoms with van der Waals surface area (Å²) >= 11 is 0. The SMILES string of the molecule is CCCNc1nc(Nc2ccc(N3CCOCC3)cc2)nc(N(CC)CC)n1. The summed E-state index contributed by atoms with van der Waals surface area (Å²) in [5.41, 5.74) is 2.16. The van der Waals surface area contributed by atoms with E-state index in [0.29, 0.717) is 17.8 Å². The van der Waals surface area contributed by atoms with Crippen molar-refractivity contribution in [3.63, 3.8) is 0 Å². The molecule has 1 aromatic heterocycles. The maximum atomic E-state index is 5.43. The molecular formula is C20H31N7O. The van der Waals surface area contributed by atoms with Gasteiger partial charge >= 0.3 is 0 Å². The third-order valence-corrected chi connectivity index (χ3v) is 4.70. The van der Waals surface area contributed by atoms with Crippen molar-refractivity contribution in [2.45, 2.75) is 27.2 Å². The summed E-state index contributed by atoms with van der Waals surface area (Å²) in [5, 5.41) is 6.59. The van der Waals surface area contributed by atoms with Crippen molar-refractivity contribution in [1.29, 1.82) is 0 Å². The second-order valence-corrected chi connectivity index (χ2v) is 6.65. The molecule has 0 spiro atoms. The van der Waals surface area contributed by atoms with Gasteiger partial charge in [-0.05, 0) is 44.5 Å².